The molecule has 1 aromatic rings. The zero-order chi connectivity index (χ0) is 13.1. The Morgan fingerprint density at radius 3 is 2.83 bits per heavy atom. The molecular formula is C15H20BrFO. The lowest BCUT2D eigenvalue weighted by Crippen LogP contribution is -2.25. The Morgan fingerprint density at radius 2 is 2.17 bits per heavy atom. The van der Waals surface area contributed by atoms with Crippen molar-refractivity contribution < 1.29 is 9.13 Å². The van der Waals surface area contributed by atoms with Crippen molar-refractivity contribution in [3.63, 3.8) is 0 Å². The van der Waals surface area contributed by atoms with E-state index in [1.54, 1.807) is 12.1 Å². The summed E-state index contributed by atoms with van der Waals surface area (Å²) in [6, 6.07) is 5.30. The molecule has 1 aromatic carbocycles. The van der Waals surface area contributed by atoms with Gasteiger partial charge in [-0.1, -0.05) is 28.9 Å². The van der Waals surface area contributed by atoms with Crippen molar-refractivity contribution in [1.82, 2.24) is 0 Å². The van der Waals surface area contributed by atoms with Crippen molar-refractivity contribution >= 4 is 15.9 Å². The summed E-state index contributed by atoms with van der Waals surface area (Å²) in [4.78, 5) is 0.568. The van der Waals surface area contributed by atoms with Crippen LogP contribution in [-0.4, -0.2) is 11.9 Å². The summed E-state index contributed by atoms with van der Waals surface area (Å²) in [7, 11) is 1.50. The van der Waals surface area contributed by atoms with E-state index >= 15 is 0 Å². The number of hydrogen-bond acceptors (Lipinski definition) is 1. The summed E-state index contributed by atoms with van der Waals surface area (Å²) in [5.41, 5.74) is 1.07. The molecule has 0 heterocycles. The molecule has 1 aliphatic rings. The Hall–Kier alpha value is -0.570. The van der Waals surface area contributed by atoms with Gasteiger partial charge in [-0.25, -0.2) is 4.39 Å². The van der Waals surface area contributed by atoms with E-state index in [0.717, 1.165) is 17.9 Å². The van der Waals surface area contributed by atoms with Gasteiger partial charge in [-0.2, -0.15) is 0 Å². The molecule has 0 N–H and O–H groups in total. The highest BCUT2D eigenvalue weighted by Crippen LogP contribution is 2.36. The molecule has 0 saturated heterocycles. The number of benzene rings is 1. The lowest BCUT2D eigenvalue weighted by Gasteiger charge is -2.31. The summed E-state index contributed by atoms with van der Waals surface area (Å²) >= 11 is 3.77. The predicted octanol–water partition coefficient (Wildman–Crippen LogP) is 4.58. The summed E-state index contributed by atoms with van der Waals surface area (Å²) in [5, 5.41) is 0. The Bertz CT molecular complexity index is 407. The standard InChI is InChI=1S/C15H20BrFO/c1-10-3-5-13(16)12(7-10)8-11-4-6-15(18-2)14(17)9-11/h4,6,9-10,12-13H,3,5,7-8H2,1-2H3. The zero-order valence-electron chi connectivity index (χ0n) is 11.0. The van der Waals surface area contributed by atoms with Crippen LogP contribution in [0.3, 0.4) is 0 Å². The minimum Gasteiger partial charge on any atom is -0.494 e. The highest BCUT2D eigenvalue weighted by atomic mass is 79.9. The first-order valence-corrected chi connectivity index (χ1v) is 7.48. The number of halogens is 2. The largest absolute Gasteiger partial charge is 0.494 e. The van der Waals surface area contributed by atoms with Crippen LogP contribution in [0.4, 0.5) is 4.39 Å². The molecule has 18 heavy (non-hydrogen) atoms. The number of ether oxygens (including phenoxy) is 1. The third-order valence-electron chi connectivity index (χ3n) is 3.87. The van der Waals surface area contributed by atoms with Gasteiger partial charge < -0.3 is 4.74 Å². The van der Waals surface area contributed by atoms with Gasteiger partial charge in [0, 0.05) is 4.83 Å². The zero-order valence-corrected chi connectivity index (χ0v) is 12.5. The van der Waals surface area contributed by atoms with Crippen molar-refractivity contribution in [2.45, 2.75) is 37.4 Å². The fourth-order valence-corrected chi connectivity index (χ4v) is 3.48. The monoisotopic (exact) mass is 314 g/mol. The quantitative estimate of drug-likeness (QED) is 0.742. The molecule has 1 saturated carbocycles. The Morgan fingerprint density at radius 1 is 1.39 bits per heavy atom. The van der Waals surface area contributed by atoms with Crippen LogP contribution in [-0.2, 0) is 6.42 Å². The first-order chi connectivity index (χ1) is 8.60. The number of rotatable bonds is 3. The van der Waals surface area contributed by atoms with Crippen LogP contribution >= 0.6 is 15.9 Å². The van der Waals surface area contributed by atoms with Crippen molar-refractivity contribution in [3.05, 3.63) is 29.6 Å². The lowest BCUT2D eigenvalue weighted by molar-refractivity contribution is 0.294. The maximum atomic E-state index is 13.6. The second kappa shape index (κ2) is 6.05. The van der Waals surface area contributed by atoms with E-state index in [1.807, 2.05) is 6.07 Å². The van der Waals surface area contributed by atoms with Crippen LogP contribution in [0.1, 0.15) is 31.7 Å². The Labute approximate surface area is 117 Å². The van der Waals surface area contributed by atoms with Crippen LogP contribution in [0.2, 0.25) is 0 Å². The lowest BCUT2D eigenvalue weighted by atomic mass is 9.79. The molecular weight excluding hydrogens is 295 g/mol. The molecule has 2 rings (SSSR count). The van der Waals surface area contributed by atoms with Crippen LogP contribution in [0.5, 0.6) is 5.75 Å². The molecule has 0 bridgehead atoms. The van der Waals surface area contributed by atoms with E-state index in [0.29, 0.717) is 16.5 Å². The normalized spacial score (nSPS) is 28.1. The summed E-state index contributed by atoms with van der Waals surface area (Å²) in [5.74, 6) is 1.46. The topological polar surface area (TPSA) is 9.23 Å². The molecule has 0 aliphatic heterocycles. The van der Waals surface area contributed by atoms with Crippen LogP contribution in [0.15, 0.2) is 18.2 Å². The highest BCUT2D eigenvalue weighted by Gasteiger charge is 2.26. The second-order valence-corrected chi connectivity index (χ2v) is 6.54. The third-order valence-corrected chi connectivity index (χ3v) is 5.07. The van der Waals surface area contributed by atoms with E-state index in [-0.39, 0.29) is 5.82 Å². The van der Waals surface area contributed by atoms with Gasteiger partial charge in [-0.3, -0.25) is 0 Å². The molecule has 0 amide bonds. The molecule has 100 valence electrons. The third kappa shape index (κ3) is 3.25. The van der Waals surface area contributed by atoms with Gasteiger partial charge in [0.05, 0.1) is 7.11 Å². The Balaban J connectivity index is 2.06. The fraction of sp³-hybridized carbons (Fsp3) is 0.600. The maximum Gasteiger partial charge on any atom is 0.165 e. The molecule has 0 radical (unpaired) electrons. The minimum atomic E-state index is -0.259. The second-order valence-electron chi connectivity index (χ2n) is 5.37. The van der Waals surface area contributed by atoms with E-state index in [1.165, 1.54) is 26.4 Å². The molecule has 3 atom stereocenters. The van der Waals surface area contributed by atoms with Gasteiger partial charge in [0.2, 0.25) is 0 Å². The molecule has 3 unspecified atom stereocenters. The maximum absolute atomic E-state index is 13.6. The smallest absolute Gasteiger partial charge is 0.165 e. The number of hydrogen-bond donors (Lipinski definition) is 0. The van der Waals surface area contributed by atoms with Crippen LogP contribution < -0.4 is 4.74 Å². The molecule has 3 heteroatoms. The molecule has 0 aromatic heterocycles. The number of methoxy groups -OCH3 is 1. The van der Waals surface area contributed by atoms with Gasteiger partial charge in [0.15, 0.2) is 11.6 Å². The molecule has 0 spiro atoms. The fourth-order valence-electron chi connectivity index (χ4n) is 2.81. The van der Waals surface area contributed by atoms with Crippen molar-refractivity contribution in [2.24, 2.45) is 11.8 Å². The molecule has 1 fully saturated rings. The highest BCUT2D eigenvalue weighted by molar-refractivity contribution is 9.09. The minimum absolute atomic E-state index is 0.259. The first kappa shape index (κ1) is 13.9. The summed E-state index contributed by atoms with van der Waals surface area (Å²) < 4.78 is 18.6. The van der Waals surface area contributed by atoms with Crippen LogP contribution in [0, 0.1) is 17.7 Å². The van der Waals surface area contributed by atoms with E-state index < -0.39 is 0 Å². The SMILES string of the molecule is COc1ccc(CC2CC(C)CCC2Br)cc1F. The first-order valence-electron chi connectivity index (χ1n) is 6.56. The van der Waals surface area contributed by atoms with Gasteiger partial charge in [0.1, 0.15) is 0 Å². The average molecular weight is 315 g/mol. The van der Waals surface area contributed by atoms with Gasteiger partial charge in [-0.15, -0.1) is 0 Å². The summed E-state index contributed by atoms with van der Waals surface area (Å²) in [6.45, 7) is 2.31. The molecule has 1 nitrogen and oxygen atoms in total. The van der Waals surface area contributed by atoms with Crippen molar-refractivity contribution in [1.29, 1.82) is 0 Å². The Kier molecular flexibility index (Phi) is 4.66. The predicted molar refractivity (Wildman–Crippen MR) is 75.9 cm³/mol. The van der Waals surface area contributed by atoms with Gasteiger partial charge >= 0.3 is 0 Å². The number of alkyl halides is 1. The van der Waals surface area contributed by atoms with Crippen LogP contribution in [0.25, 0.3) is 0 Å². The van der Waals surface area contributed by atoms with Crippen molar-refractivity contribution in [2.75, 3.05) is 7.11 Å². The average Bonchev–Trinajstić information content (AvgIpc) is 2.34. The van der Waals surface area contributed by atoms with Gasteiger partial charge in [-0.05, 0) is 55.2 Å². The summed E-state index contributed by atoms with van der Waals surface area (Å²) in [6.07, 6.45) is 4.69. The van der Waals surface area contributed by atoms with E-state index in [9.17, 15) is 4.39 Å². The van der Waals surface area contributed by atoms with Gasteiger partial charge in [0.25, 0.3) is 0 Å². The van der Waals surface area contributed by atoms with E-state index in [2.05, 4.69) is 22.9 Å². The van der Waals surface area contributed by atoms with Crippen molar-refractivity contribution in [3.8, 4) is 5.75 Å². The van der Waals surface area contributed by atoms with E-state index in [4.69, 9.17) is 4.74 Å². The molecule has 1 aliphatic carbocycles.